The third-order valence-corrected chi connectivity index (χ3v) is 4.67. The van der Waals surface area contributed by atoms with Gasteiger partial charge in [-0.3, -0.25) is 0 Å². The molecule has 0 amide bonds. The smallest absolute Gasteiger partial charge is 0.0455 e. The van der Waals surface area contributed by atoms with Gasteiger partial charge >= 0.3 is 0 Å². The van der Waals surface area contributed by atoms with Crippen LogP contribution in [0.4, 0.5) is 0 Å². The lowest BCUT2D eigenvalue weighted by Gasteiger charge is -2.11. The third-order valence-electron chi connectivity index (χ3n) is 4.67. The summed E-state index contributed by atoms with van der Waals surface area (Å²) in [7, 11) is 0. The molecule has 4 aromatic rings. The van der Waals surface area contributed by atoms with Gasteiger partial charge in [-0.2, -0.15) is 0 Å². The quantitative estimate of drug-likeness (QED) is 0.494. The van der Waals surface area contributed by atoms with Crippen molar-refractivity contribution in [1.29, 1.82) is 0 Å². The van der Waals surface area contributed by atoms with Gasteiger partial charge < -0.3 is 8.80 Å². The van der Waals surface area contributed by atoms with E-state index in [0.29, 0.717) is 5.92 Å². The van der Waals surface area contributed by atoms with Crippen LogP contribution in [0.3, 0.4) is 0 Å². The van der Waals surface area contributed by atoms with Crippen molar-refractivity contribution in [2.24, 2.45) is 0 Å². The van der Waals surface area contributed by atoms with E-state index in [1.54, 1.807) is 0 Å². The van der Waals surface area contributed by atoms with E-state index >= 15 is 0 Å². The summed E-state index contributed by atoms with van der Waals surface area (Å²) < 4.78 is 4.45. The fourth-order valence-electron chi connectivity index (χ4n) is 3.42. The number of aromatic nitrogens is 2. The van der Waals surface area contributed by atoms with Crippen molar-refractivity contribution < 1.29 is 0 Å². The zero-order valence-corrected chi connectivity index (χ0v) is 14.0. The number of nitrogens with zero attached hydrogens (tertiary/aromatic N) is 2. The largest absolute Gasteiger partial charge is 0.324 e. The Labute approximate surface area is 137 Å². The molecular formula is C21H22N2. The summed E-state index contributed by atoms with van der Waals surface area (Å²) in [4.78, 5) is 0. The van der Waals surface area contributed by atoms with Gasteiger partial charge in [-0.1, -0.05) is 13.0 Å². The molecule has 0 aliphatic heterocycles. The fourth-order valence-corrected chi connectivity index (χ4v) is 3.42. The van der Waals surface area contributed by atoms with Crippen LogP contribution >= 0.6 is 0 Å². The molecule has 0 spiro atoms. The Hall–Kier alpha value is -2.48. The normalized spacial score (nSPS) is 13.0. The Kier molecular flexibility index (Phi) is 3.26. The van der Waals surface area contributed by atoms with Gasteiger partial charge in [0.1, 0.15) is 0 Å². The summed E-state index contributed by atoms with van der Waals surface area (Å²) in [5.41, 5.74) is 7.95. The monoisotopic (exact) mass is 302 g/mol. The zero-order valence-electron chi connectivity index (χ0n) is 14.0. The molecule has 4 heterocycles. The van der Waals surface area contributed by atoms with Crippen LogP contribution in [0.2, 0.25) is 0 Å². The Morgan fingerprint density at radius 2 is 1.65 bits per heavy atom. The number of fused-ring (bicyclic) bond motifs is 2. The molecule has 2 nitrogen and oxygen atoms in total. The Morgan fingerprint density at radius 1 is 0.826 bits per heavy atom. The zero-order chi connectivity index (χ0) is 16.0. The van der Waals surface area contributed by atoms with E-state index in [-0.39, 0.29) is 0 Å². The van der Waals surface area contributed by atoms with Crippen molar-refractivity contribution in [2.45, 2.75) is 33.1 Å². The number of hydrogen-bond acceptors (Lipinski definition) is 0. The van der Waals surface area contributed by atoms with Crippen molar-refractivity contribution in [3.05, 3.63) is 83.4 Å². The molecule has 0 aliphatic carbocycles. The molecule has 1 unspecified atom stereocenters. The maximum atomic E-state index is 2.31. The van der Waals surface area contributed by atoms with E-state index < -0.39 is 0 Å². The van der Waals surface area contributed by atoms with Gasteiger partial charge in [0.15, 0.2) is 0 Å². The van der Waals surface area contributed by atoms with Crippen LogP contribution in [-0.2, 0) is 6.42 Å². The van der Waals surface area contributed by atoms with Crippen molar-refractivity contribution in [1.82, 2.24) is 8.80 Å². The molecule has 116 valence electrons. The highest BCUT2D eigenvalue weighted by atomic mass is 14.9. The first-order valence-corrected chi connectivity index (χ1v) is 8.24. The SMILES string of the molecule is Cc1ccn2cc(CC(C)c3ccc4cc(C)cn4c3)cc2c1. The van der Waals surface area contributed by atoms with Gasteiger partial charge in [0.2, 0.25) is 0 Å². The van der Waals surface area contributed by atoms with Gasteiger partial charge in [-0.05, 0) is 78.8 Å². The first-order chi connectivity index (χ1) is 11.1. The van der Waals surface area contributed by atoms with E-state index in [0.717, 1.165) is 6.42 Å². The Balaban J connectivity index is 1.62. The van der Waals surface area contributed by atoms with Crippen LogP contribution in [-0.4, -0.2) is 8.80 Å². The Morgan fingerprint density at radius 3 is 2.52 bits per heavy atom. The molecule has 0 aromatic carbocycles. The van der Waals surface area contributed by atoms with Crippen LogP contribution in [0, 0.1) is 13.8 Å². The highest BCUT2D eigenvalue weighted by Gasteiger charge is 2.10. The topological polar surface area (TPSA) is 8.82 Å². The minimum Gasteiger partial charge on any atom is -0.324 e. The molecule has 1 atom stereocenters. The lowest BCUT2D eigenvalue weighted by molar-refractivity contribution is 0.753. The minimum atomic E-state index is 0.501. The maximum absolute atomic E-state index is 2.31. The standard InChI is InChI=1S/C21H22N2/c1-15-6-7-22-13-18(11-21(22)8-15)10-17(3)19-4-5-20-9-16(2)12-23(20)14-19/h4-9,11-14,17H,10H2,1-3H3. The predicted molar refractivity (Wildman–Crippen MR) is 96.4 cm³/mol. The Bertz CT molecular complexity index is 988. The molecule has 0 saturated carbocycles. The van der Waals surface area contributed by atoms with Crippen molar-refractivity contribution >= 4 is 11.0 Å². The average Bonchev–Trinajstić information content (AvgIpc) is 3.07. The van der Waals surface area contributed by atoms with E-state index in [1.807, 2.05) is 0 Å². The molecule has 0 N–H and O–H groups in total. The molecule has 4 rings (SSSR count). The second-order valence-electron chi connectivity index (χ2n) is 6.80. The van der Waals surface area contributed by atoms with Crippen LogP contribution in [0.1, 0.15) is 35.1 Å². The summed E-state index contributed by atoms with van der Waals surface area (Å²) >= 11 is 0. The van der Waals surface area contributed by atoms with Crippen LogP contribution < -0.4 is 0 Å². The summed E-state index contributed by atoms with van der Waals surface area (Å²) in [6.45, 7) is 6.60. The molecular weight excluding hydrogens is 280 g/mol. The molecule has 2 heteroatoms. The number of hydrogen-bond donors (Lipinski definition) is 0. The second-order valence-corrected chi connectivity index (χ2v) is 6.80. The maximum Gasteiger partial charge on any atom is 0.0455 e. The highest BCUT2D eigenvalue weighted by molar-refractivity contribution is 5.53. The molecule has 0 aliphatic rings. The van der Waals surface area contributed by atoms with Gasteiger partial charge in [0.25, 0.3) is 0 Å². The fraction of sp³-hybridized carbons (Fsp3) is 0.238. The van der Waals surface area contributed by atoms with Gasteiger partial charge in [-0.25, -0.2) is 0 Å². The van der Waals surface area contributed by atoms with Crippen molar-refractivity contribution in [3.8, 4) is 0 Å². The summed E-state index contributed by atoms with van der Waals surface area (Å²) in [6.07, 6.45) is 9.93. The number of aryl methyl sites for hydroxylation is 2. The summed E-state index contributed by atoms with van der Waals surface area (Å²) in [6, 6.07) is 13.4. The molecule has 0 fully saturated rings. The number of pyridine rings is 2. The lowest BCUT2D eigenvalue weighted by Crippen LogP contribution is -1.99. The van der Waals surface area contributed by atoms with E-state index in [2.05, 4.69) is 90.8 Å². The van der Waals surface area contributed by atoms with Gasteiger partial charge in [-0.15, -0.1) is 0 Å². The first kappa shape index (κ1) is 14.1. The molecule has 4 aromatic heterocycles. The third kappa shape index (κ3) is 2.65. The average molecular weight is 302 g/mol. The van der Waals surface area contributed by atoms with Crippen molar-refractivity contribution in [2.75, 3.05) is 0 Å². The minimum absolute atomic E-state index is 0.501. The van der Waals surface area contributed by atoms with E-state index in [9.17, 15) is 0 Å². The first-order valence-electron chi connectivity index (χ1n) is 8.24. The van der Waals surface area contributed by atoms with Crippen molar-refractivity contribution in [3.63, 3.8) is 0 Å². The lowest BCUT2D eigenvalue weighted by atomic mass is 9.96. The molecule has 0 radical (unpaired) electrons. The van der Waals surface area contributed by atoms with Gasteiger partial charge in [0, 0.05) is 35.8 Å². The molecule has 0 bridgehead atoms. The van der Waals surface area contributed by atoms with Crippen LogP contribution in [0.25, 0.3) is 11.0 Å². The van der Waals surface area contributed by atoms with E-state index in [4.69, 9.17) is 0 Å². The predicted octanol–water partition coefficient (Wildman–Crippen LogP) is 5.16. The second kappa shape index (κ2) is 5.31. The van der Waals surface area contributed by atoms with E-state index in [1.165, 1.54) is 33.3 Å². The van der Waals surface area contributed by atoms with Crippen LogP contribution in [0.15, 0.2) is 61.2 Å². The molecule has 0 saturated heterocycles. The molecule has 23 heavy (non-hydrogen) atoms. The highest BCUT2D eigenvalue weighted by Crippen LogP contribution is 2.23. The van der Waals surface area contributed by atoms with Crippen LogP contribution in [0.5, 0.6) is 0 Å². The number of rotatable bonds is 3. The van der Waals surface area contributed by atoms with Gasteiger partial charge in [0.05, 0.1) is 0 Å². The summed E-state index contributed by atoms with van der Waals surface area (Å²) in [5, 5.41) is 0. The summed E-state index contributed by atoms with van der Waals surface area (Å²) in [5.74, 6) is 0.501.